The molecule has 0 spiro atoms. The third-order valence-electron chi connectivity index (χ3n) is 3.87. The molecule has 1 aromatic rings. The number of thioether (sulfide) groups is 1. The number of halogens is 2. The van der Waals surface area contributed by atoms with E-state index in [4.69, 9.17) is 0 Å². The van der Waals surface area contributed by atoms with Gasteiger partial charge in [0.15, 0.2) is 0 Å². The van der Waals surface area contributed by atoms with Crippen molar-refractivity contribution >= 4 is 17.7 Å². The molecule has 2 nitrogen and oxygen atoms in total. The van der Waals surface area contributed by atoms with Crippen molar-refractivity contribution in [1.29, 1.82) is 0 Å². The van der Waals surface area contributed by atoms with E-state index in [2.05, 4.69) is 0 Å². The Morgan fingerprint density at radius 3 is 2.42 bits per heavy atom. The third-order valence-corrected chi connectivity index (χ3v) is 4.63. The Morgan fingerprint density at radius 1 is 1.26 bits per heavy atom. The molecule has 1 saturated carbocycles. The van der Waals surface area contributed by atoms with Crippen LogP contribution in [0.15, 0.2) is 17.0 Å². The van der Waals surface area contributed by atoms with E-state index in [9.17, 15) is 18.7 Å². The van der Waals surface area contributed by atoms with Crippen molar-refractivity contribution in [2.24, 2.45) is 0 Å². The van der Waals surface area contributed by atoms with Gasteiger partial charge in [-0.05, 0) is 31.2 Å². The molecule has 0 amide bonds. The number of benzene rings is 1. The highest BCUT2D eigenvalue weighted by Crippen LogP contribution is 2.43. The average Bonchev–Trinajstić information content (AvgIpc) is 2.40. The van der Waals surface area contributed by atoms with E-state index in [1.165, 1.54) is 12.1 Å². The maximum Gasteiger partial charge on any atom is 0.314 e. The molecule has 1 N–H and O–H groups in total. The summed E-state index contributed by atoms with van der Waals surface area (Å²) >= 11 is 1.16. The molecule has 104 valence electrons. The summed E-state index contributed by atoms with van der Waals surface area (Å²) in [5, 5.41) is 9.51. The van der Waals surface area contributed by atoms with Crippen molar-refractivity contribution in [3.05, 3.63) is 29.3 Å². The fourth-order valence-electron chi connectivity index (χ4n) is 2.86. The Labute approximate surface area is 115 Å². The summed E-state index contributed by atoms with van der Waals surface area (Å²) in [6, 6.07) is 2.53. The molecule has 0 bridgehead atoms. The highest BCUT2D eigenvalue weighted by Gasteiger charge is 2.45. The van der Waals surface area contributed by atoms with Crippen LogP contribution in [0.4, 0.5) is 8.78 Å². The van der Waals surface area contributed by atoms with Gasteiger partial charge < -0.3 is 5.11 Å². The monoisotopic (exact) mass is 286 g/mol. The van der Waals surface area contributed by atoms with Gasteiger partial charge in [-0.2, -0.15) is 0 Å². The van der Waals surface area contributed by atoms with Crippen LogP contribution in [0.5, 0.6) is 0 Å². The van der Waals surface area contributed by atoms with Crippen molar-refractivity contribution in [3.63, 3.8) is 0 Å². The number of rotatable bonds is 3. The molecule has 19 heavy (non-hydrogen) atoms. The summed E-state index contributed by atoms with van der Waals surface area (Å²) in [4.78, 5) is 11.9. The first-order chi connectivity index (χ1) is 9.03. The molecule has 0 atom stereocenters. The Bertz CT molecular complexity index is 496. The number of hydrogen-bond donors (Lipinski definition) is 1. The van der Waals surface area contributed by atoms with Crippen LogP contribution in [0, 0.1) is 11.6 Å². The SMILES string of the molecule is CSc1ccc(F)c(C2(C(=O)O)CCCCC2)c1F. The van der Waals surface area contributed by atoms with E-state index < -0.39 is 23.0 Å². The minimum atomic E-state index is -1.40. The lowest BCUT2D eigenvalue weighted by Gasteiger charge is -2.34. The van der Waals surface area contributed by atoms with Crippen molar-refractivity contribution in [1.82, 2.24) is 0 Å². The average molecular weight is 286 g/mol. The summed E-state index contributed by atoms with van der Waals surface area (Å²) in [6.07, 6.45) is 4.58. The van der Waals surface area contributed by atoms with Crippen molar-refractivity contribution in [2.75, 3.05) is 6.26 Å². The van der Waals surface area contributed by atoms with E-state index in [0.717, 1.165) is 18.2 Å². The Balaban J connectivity index is 2.62. The second-order valence-corrected chi connectivity index (χ2v) is 5.73. The van der Waals surface area contributed by atoms with Crippen LogP contribution in [-0.2, 0) is 10.2 Å². The Kier molecular flexibility index (Phi) is 4.13. The topological polar surface area (TPSA) is 37.3 Å². The zero-order valence-electron chi connectivity index (χ0n) is 10.7. The predicted octanol–water partition coefficient (Wildman–Crippen LogP) is 3.97. The van der Waals surface area contributed by atoms with Crippen LogP contribution < -0.4 is 0 Å². The standard InChI is InChI=1S/C14H16F2O2S/c1-19-10-6-5-9(15)11(12(10)16)14(13(17)18)7-3-2-4-8-14/h5-6H,2-4,7-8H2,1H3,(H,17,18). The van der Waals surface area contributed by atoms with Gasteiger partial charge in [-0.15, -0.1) is 11.8 Å². The summed E-state index contributed by atoms with van der Waals surface area (Å²) in [7, 11) is 0. The molecular weight excluding hydrogens is 270 g/mol. The molecule has 1 aliphatic rings. The Morgan fingerprint density at radius 2 is 1.89 bits per heavy atom. The van der Waals surface area contributed by atoms with Crippen molar-refractivity contribution in [2.45, 2.75) is 42.4 Å². The van der Waals surface area contributed by atoms with Crippen LogP contribution in [0.25, 0.3) is 0 Å². The van der Waals surface area contributed by atoms with Gasteiger partial charge in [0.1, 0.15) is 11.6 Å². The molecule has 0 saturated heterocycles. The summed E-state index contributed by atoms with van der Waals surface area (Å²) in [5.41, 5.74) is -1.66. The lowest BCUT2D eigenvalue weighted by Crippen LogP contribution is -2.39. The lowest BCUT2D eigenvalue weighted by molar-refractivity contribution is -0.145. The Hall–Kier alpha value is -1.10. The maximum atomic E-state index is 14.4. The fourth-order valence-corrected chi connectivity index (χ4v) is 3.34. The highest BCUT2D eigenvalue weighted by molar-refractivity contribution is 7.98. The van der Waals surface area contributed by atoms with Crippen LogP contribution in [0.2, 0.25) is 0 Å². The largest absolute Gasteiger partial charge is 0.481 e. The van der Waals surface area contributed by atoms with Crippen molar-refractivity contribution in [3.8, 4) is 0 Å². The van der Waals surface area contributed by atoms with Gasteiger partial charge in [-0.1, -0.05) is 19.3 Å². The van der Waals surface area contributed by atoms with Gasteiger partial charge in [0.2, 0.25) is 0 Å². The number of carboxylic acids is 1. The number of carboxylic acid groups (broad SMARTS) is 1. The van der Waals surface area contributed by atoms with E-state index >= 15 is 0 Å². The van der Waals surface area contributed by atoms with Crippen LogP contribution in [0.3, 0.4) is 0 Å². The van der Waals surface area contributed by atoms with E-state index in [1.54, 1.807) is 6.26 Å². The second-order valence-electron chi connectivity index (χ2n) is 4.89. The first-order valence-electron chi connectivity index (χ1n) is 6.29. The molecule has 1 fully saturated rings. The molecule has 5 heteroatoms. The number of carbonyl (C=O) groups is 1. The number of hydrogen-bond acceptors (Lipinski definition) is 2. The van der Waals surface area contributed by atoms with Crippen LogP contribution >= 0.6 is 11.8 Å². The lowest BCUT2D eigenvalue weighted by atomic mass is 9.69. The molecule has 0 radical (unpaired) electrons. The maximum absolute atomic E-state index is 14.4. The van der Waals surface area contributed by atoms with E-state index in [-0.39, 0.29) is 5.56 Å². The zero-order valence-corrected chi connectivity index (χ0v) is 11.5. The first kappa shape index (κ1) is 14.3. The summed E-state index contributed by atoms with van der Waals surface area (Å²) in [5.74, 6) is -2.58. The fraction of sp³-hybridized carbons (Fsp3) is 0.500. The van der Waals surface area contributed by atoms with Gasteiger partial charge in [-0.25, -0.2) is 8.78 Å². The van der Waals surface area contributed by atoms with Gasteiger partial charge in [0.05, 0.1) is 5.41 Å². The van der Waals surface area contributed by atoms with Gasteiger partial charge >= 0.3 is 5.97 Å². The second kappa shape index (κ2) is 5.49. The molecule has 0 heterocycles. The van der Waals surface area contributed by atoms with E-state index in [0.29, 0.717) is 30.6 Å². The number of aliphatic carboxylic acids is 1. The molecule has 2 rings (SSSR count). The molecule has 1 aliphatic carbocycles. The molecular formula is C14H16F2O2S. The zero-order chi connectivity index (χ0) is 14.0. The summed E-state index contributed by atoms with van der Waals surface area (Å²) in [6.45, 7) is 0. The molecule has 0 aromatic heterocycles. The van der Waals surface area contributed by atoms with Crippen LogP contribution in [0.1, 0.15) is 37.7 Å². The van der Waals surface area contributed by atoms with Gasteiger partial charge in [0.25, 0.3) is 0 Å². The minimum absolute atomic E-state index is 0.258. The highest BCUT2D eigenvalue weighted by atomic mass is 32.2. The minimum Gasteiger partial charge on any atom is -0.481 e. The van der Waals surface area contributed by atoms with Crippen LogP contribution in [-0.4, -0.2) is 17.3 Å². The normalized spacial score (nSPS) is 18.3. The predicted molar refractivity (Wildman–Crippen MR) is 70.5 cm³/mol. The smallest absolute Gasteiger partial charge is 0.314 e. The van der Waals surface area contributed by atoms with E-state index in [1.807, 2.05) is 0 Å². The third kappa shape index (κ3) is 2.36. The molecule has 1 aromatic carbocycles. The van der Waals surface area contributed by atoms with Gasteiger partial charge in [0, 0.05) is 10.5 Å². The van der Waals surface area contributed by atoms with Gasteiger partial charge in [-0.3, -0.25) is 4.79 Å². The quantitative estimate of drug-likeness (QED) is 0.854. The summed E-state index contributed by atoms with van der Waals surface area (Å²) < 4.78 is 28.4. The molecule has 0 aliphatic heterocycles. The van der Waals surface area contributed by atoms with Crippen molar-refractivity contribution < 1.29 is 18.7 Å². The first-order valence-corrected chi connectivity index (χ1v) is 7.51. The molecule has 0 unspecified atom stereocenters.